The van der Waals surface area contributed by atoms with E-state index < -0.39 is 0 Å². The first-order valence-electron chi connectivity index (χ1n) is 6.75. The van der Waals surface area contributed by atoms with Gasteiger partial charge in [-0.2, -0.15) is 0 Å². The summed E-state index contributed by atoms with van der Waals surface area (Å²) in [7, 11) is 2.08. The van der Waals surface area contributed by atoms with Gasteiger partial charge in [-0.05, 0) is 37.2 Å². The van der Waals surface area contributed by atoms with Gasteiger partial charge >= 0.3 is 0 Å². The van der Waals surface area contributed by atoms with E-state index in [2.05, 4.69) is 61.4 Å². The van der Waals surface area contributed by atoms with Crippen LogP contribution in [0.15, 0.2) is 40.8 Å². The molecule has 0 saturated carbocycles. The minimum Gasteiger partial charge on any atom is -0.463 e. The minimum absolute atomic E-state index is 0.789. The molecule has 0 atom stereocenters. The minimum atomic E-state index is 0.789. The summed E-state index contributed by atoms with van der Waals surface area (Å²) in [5.41, 5.74) is 2.42. The Morgan fingerprint density at radius 2 is 1.95 bits per heavy atom. The summed E-state index contributed by atoms with van der Waals surface area (Å²) in [5.74, 6) is 2.05. The number of benzene rings is 1. The van der Waals surface area contributed by atoms with E-state index in [4.69, 9.17) is 4.42 Å². The van der Waals surface area contributed by atoms with Gasteiger partial charge in [0.05, 0.1) is 13.1 Å². The number of hydrogen-bond donors (Lipinski definition) is 1. The van der Waals surface area contributed by atoms with Gasteiger partial charge in [-0.15, -0.1) is 0 Å². The quantitative estimate of drug-likeness (QED) is 0.861. The van der Waals surface area contributed by atoms with Crippen molar-refractivity contribution in [3.8, 4) is 0 Å². The Balaban J connectivity index is 2.03. The molecule has 2 aromatic rings. The molecule has 0 aliphatic rings. The molecule has 1 heterocycles. The van der Waals surface area contributed by atoms with E-state index in [1.807, 2.05) is 6.07 Å². The summed E-state index contributed by atoms with van der Waals surface area (Å²) in [5, 5.41) is 3.30. The number of anilines is 1. The zero-order valence-corrected chi connectivity index (χ0v) is 11.9. The largest absolute Gasteiger partial charge is 0.463 e. The molecule has 2 rings (SSSR count). The van der Waals surface area contributed by atoms with Gasteiger partial charge in [0, 0.05) is 12.7 Å². The Morgan fingerprint density at radius 3 is 2.63 bits per heavy atom. The van der Waals surface area contributed by atoms with E-state index in [0.717, 1.165) is 31.2 Å². The second kappa shape index (κ2) is 6.43. The van der Waals surface area contributed by atoms with Gasteiger partial charge in [-0.25, -0.2) is 0 Å². The molecule has 0 spiro atoms. The molecular formula is C16H22N2O. The fourth-order valence-electron chi connectivity index (χ4n) is 2.09. The number of nitrogens with zero attached hydrogens (tertiary/aromatic N) is 1. The number of para-hydroxylation sites is 1. The van der Waals surface area contributed by atoms with E-state index in [9.17, 15) is 0 Å². The normalized spacial score (nSPS) is 10.7. The maximum absolute atomic E-state index is 5.90. The molecule has 1 aromatic carbocycles. The summed E-state index contributed by atoms with van der Waals surface area (Å²) in [4.78, 5) is 2.19. The summed E-state index contributed by atoms with van der Waals surface area (Å²) in [6.07, 6.45) is 0. The van der Waals surface area contributed by atoms with Gasteiger partial charge in [0.15, 0.2) is 0 Å². The lowest BCUT2D eigenvalue weighted by atomic mass is 10.2. The van der Waals surface area contributed by atoms with E-state index in [1.165, 1.54) is 11.3 Å². The summed E-state index contributed by atoms with van der Waals surface area (Å²) < 4.78 is 5.90. The van der Waals surface area contributed by atoms with Crippen LogP contribution in [0.1, 0.15) is 24.0 Å². The predicted octanol–water partition coefficient (Wildman–Crippen LogP) is 3.33. The van der Waals surface area contributed by atoms with Crippen LogP contribution < -0.4 is 10.2 Å². The standard InChI is InChI=1S/C16H22N2O/c1-4-17-11-16-13(2)10-15(19-16)12-18(3)14-8-6-5-7-9-14/h5-10,17H,4,11-12H2,1-3H3. The molecule has 3 heteroatoms. The molecule has 0 bridgehead atoms. The lowest BCUT2D eigenvalue weighted by molar-refractivity contribution is 0.446. The van der Waals surface area contributed by atoms with Crippen molar-refractivity contribution < 1.29 is 4.42 Å². The van der Waals surface area contributed by atoms with Crippen LogP contribution in [0.4, 0.5) is 5.69 Å². The lowest BCUT2D eigenvalue weighted by Gasteiger charge is -2.17. The van der Waals surface area contributed by atoms with E-state index in [1.54, 1.807) is 0 Å². The van der Waals surface area contributed by atoms with Crippen molar-refractivity contribution in [2.24, 2.45) is 0 Å². The number of rotatable bonds is 6. The van der Waals surface area contributed by atoms with E-state index in [-0.39, 0.29) is 0 Å². The molecule has 1 aromatic heterocycles. The van der Waals surface area contributed by atoms with Gasteiger partial charge in [-0.3, -0.25) is 0 Å². The molecule has 19 heavy (non-hydrogen) atoms. The number of hydrogen-bond acceptors (Lipinski definition) is 3. The molecule has 0 radical (unpaired) electrons. The summed E-state index contributed by atoms with van der Waals surface area (Å²) in [6, 6.07) is 12.5. The number of nitrogens with one attached hydrogen (secondary N) is 1. The molecular weight excluding hydrogens is 236 g/mol. The van der Waals surface area contributed by atoms with Gasteiger partial charge in [-0.1, -0.05) is 25.1 Å². The van der Waals surface area contributed by atoms with Crippen molar-refractivity contribution in [1.29, 1.82) is 0 Å². The van der Waals surface area contributed by atoms with Crippen molar-refractivity contribution >= 4 is 5.69 Å². The first-order valence-corrected chi connectivity index (χ1v) is 6.75. The Bertz CT molecular complexity index is 505. The fourth-order valence-corrected chi connectivity index (χ4v) is 2.09. The smallest absolute Gasteiger partial charge is 0.123 e. The average Bonchev–Trinajstić information content (AvgIpc) is 2.77. The van der Waals surface area contributed by atoms with Crippen LogP contribution in [0.5, 0.6) is 0 Å². The fraction of sp³-hybridized carbons (Fsp3) is 0.375. The first kappa shape index (κ1) is 13.7. The van der Waals surface area contributed by atoms with Crippen LogP contribution in [0, 0.1) is 6.92 Å². The maximum atomic E-state index is 5.90. The summed E-state index contributed by atoms with van der Waals surface area (Å²) in [6.45, 7) is 6.75. The topological polar surface area (TPSA) is 28.4 Å². The van der Waals surface area contributed by atoms with Crippen molar-refractivity contribution in [1.82, 2.24) is 5.32 Å². The number of aryl methyl sites for hydroxylation is 1. The number of furan rings is 1. The van der Waals surface area contributed by atoms with Gasteiger partial charge in [0.1, 0.15) is 11.5 Å². The third kappa shape index (κ3) is 3.61. The van der Waals surface area contributed by atoms with Crippen LogP contribution in [0.3, 0.4) is 0 Å². The highest BCUT2D eigenvalue weighted by Gasteiger charge is 2.09. The third-order valence-electron chi connectivity index (χ3n) is 3.20. The Hall–Kier alpha value is -1.74. The zero-order valence-electron chi connectivity index (χ0n) is 11.9. The lowest BCUT2D eigenvalue weighted by Crippen LogP contribution is -2.15. The van der Waals surface area contributed by atoms with Crippen LogP contribution in [0.2, 0.25) is 0 Å². The van der Waals surface area contributed by atoms with Gasteiger partial charge in [0.25, 0.3) is 0 Å². The van der Waals surface area contributed by atoms with Crippen molar-refractivity contribution in [3.05, 3.63) is 53.5 Å². The third-order valence-corrected chi connectivity index (χ3v) is 3.20. The predicted molar refractivity (Wildman–Crippen MR) is 79.4 cm³/mol. The van der Waals surface area contributed by atoms with Crippen molar-refractivity contribution in [2.75, 3.05) is 18.5 Å². The molecule has 0 fully saturated rings. The molecule has 102 valence electrons. The Kier molecular flexibility index (Phi) is 4.63. The highest BCUT2D eigenvalue weighted by atomic mass is 16.3. The average molecular weight is 258 g/mol. The van der Waals surface area contributed by atoms with E-state index >= 15 is 0 Å². The maximum Gasteiger partial charge on any atom is 0.123 e. The van der Waals surface area contributed by atoms with Crippen molar-refractivity contribution in [2.45, 2.75) is 26.9 Å². The second-order valence-electron chi connectivity index (χ2n) is 4.79. The van der Waals surface area contributed by atoms with Gasteiger partial charge in [0.2, 0.25) is 0 Å². The Morgan fingerprint density at radius 1 is 1.21 bits per heavy atom. The molecule has 0 aliphatic heterocycles. The van der Waals surface area contributed by atoms with Crippen LogP contribution >= 0.6 is 0 Å². The van der Waals surface area contributed by atoms with E-state index in [0.29, 0.717) is 0 Å². The van der Waals surface area contributed by atoms with Crippen molar-refractivity contribution in [3.63, 3.8) is 0 Å². The first-order chi connectivity index (χ1) is 9.20. The zero-order chi connectivity index (χ0) is 13.7. The molecule has 0 aliphatic carbocycles. The van der Waals surface area contributed by atoms with Crippen LogP contribution in [0.25, 0.3) is 0 Å². The SMILES string of the molecule is CCNCc1oc(CN(C)c2ccccc2)cc1C. The Labute approximate surface area is 115 Å². The second-order valence-corrected chi connectivity index (χ2v) is 4.79. The van der Waals surface area contributed by atoms with Crippen LogP contribution in [-0.2, 0) is 13.1 Å². The highest BCUT2D eigenvalue weighted by molar-refractivity contribution is 5.45. The summed E-state index contributed by atoms with van der Waals surface area (Å²) >= 11 is 0. The molecule has 1 N–H and O–H groups in total. The molecule has 0 saturated heterocycles. The van der Waals surface area contributed by atoms with Gasteiger partial charge < -0.3 is 14.6 Å². The molecule has 0 unspecified atom stereocenters. The van der Waals surface area contributed by atoms with Crippen LogP contribution in [-0.4, -0.2) is 13.6 Å². The monoisotopic (exact) mass is 258 g/mol. The molecule has 0 amide bonds. The molecule has 3 nitrogen and oxygen atoms in total. The highest BCUT2D eigenvalue weighted by Crippen LogP contribution is 2.19.